The van der Waals surface area contributed by atoms with Crippen molar-refractivity contribution in [1.82, 2.24) is 10.2 Å². The van der Waals surface area contributed by atoms with Gasteiger partial charge in [0.25, 0.3) is 5.69 Å². The van der Waals surface area contributed by atoms with E-state index in [0.29, 0.717) is 16.7 Å². The molecule has 2 amide bonds. The van der Waals surface area contributed by atoms with Crippen LogP contribution in [0.5, 0.6) is 0 Å². The monoisotopic (exact) mass is 451 g/mol. The Morgan fingerprint density at radius 3 is 2.33 bits per heavy atom. The van der Waals surface area contributed by atoms with Gasteiger partial charge in [-0.25, -0.2) is 9.18 Å². The number of hydrogen-bond acceptors (Lipinski definition) is 4. The predicted molar refractivity (Wildman–Crippen MR) is 119 cm³/mol. The van der Waals surface area contributed by atoms with Crippen molar-refractivity contribution in [1.29, 1.82) is 0 Å². The zero-order valence-electron chi connectivity index (χ0n) is 17.6. The molecule has 0 fully saturated rings. The molecule has 3 rings (SSSR count). The van der Waals surface area contributed by atoms with Gasteiger partial charge >= 0.3 is 6.09 Å². The van der Waals surface area contributed by atoms with Gasteiger partial charge in [0.2, 0.25) is 5.91 Å². The molecule has 0 saturated heterocycles. The number of rotatable bonds is 9. The summed E-state index contributed by atoms with van der Waals surface area (Å²) >= 11 is 0. The van der Waals surface area contributed by atoms with E-state index in [1.54, 1.807) is 42.5 Å². The number of carboxylic acid groups (broad SMARTS) is 1. The van der Waals surface area contributed by atoms with Crippen LogP contribution in [-0.4, -0.2) is 33.5 Å². The maximum Gasteiger partial charge on any atom is 0.408 e. The van der Waals surface area contributed by atoms with Gasteiger partial charge in [0.05, 0.1) is 4.92 Å². The number of carbonyl (C=O) groups is 2. The highest BCUT2D eigenvalue weighted by molar-refractivity contribution is 5.81. The Labute approximate surface area is 189 Å². The van der Waals surface area contributed by atoms with Crippen molar-refractivity contribution >= 4 is 17.7 Å². The van der Waals surface area contributed by atoms with Crippen LogP contribution in [0.15, 0.2) is 72.8 Å². The number of nitrogens with one attached hydrogen (secondary N) is 1. The van der Waals surface area contributed by atoms with Crippen molar-refractivity contribution in [2.45, 2.75) is 19.5 Å². The molecule has 0 saturated carbocycles. The van der Waals surface area contributed by atoms with Crippen LogP contribution in [0.1, 0.15) is 22.3 Å². The van der Waals surface area contributed by atoms with E-state index < -0.39 is 22.7 Å². The summed E-state index contributed by atoms with van der Waals surface area (Å²) < 4.78 is 14.1. The molecule has 0 atom stereocenters. The molecule has 0 radical (unpaired) electrons. The Bertz CT molecular complexity index is 1150. The zero-order chi connectivity index (χ0) is 23.8. The number of non-ortho nitro benzene ring substituents is 1. The van der Waals surface area contributed by atoms with E-state index in [1.807, 2.05) is 6.07 Å². The summed E-state index contributed by atoms with van der Waals surface area (Å²) in [5.74, 6) is -0.958. The van der Waals surface area contributed by atoms with E-state index in [4.69, 9.17) is 0 Å². The van der Waals surface area contributed by atoms with Crippen LogP contribution in [0.4, 0.5) is 14.9 Å². The topological polar surface area (TPSA) is 113 Å². The molecule has 0 aliphatic rings. The number of benzene rings is 3. The first-order valence-electron chi connectivity index (χ1n) is 10.1. The fourth-order valence-electron chi connectivity index (χ4n) is 3.33. The molecule has 33 heavy (non-hydrogen) atoms. The number of carbonyl (C=O) groups excluding carboxylic acids is 1. The summed E-state index contributed by atoms with van der Waals surface area (Å²) in [4.78, 5) is 35.6. The molecular formula is C24H22FN3O5. The molecule has 170 valence electrons. The Kier molecular flexibility index (Phi) is 7.69. The van der Waals surface area contributed by atoms with Crippen LogP contribution >= 0.6 is 0 Å². The minimum Gasteiger partial charge on any atom is -0.465 e. The smallest absolute Gasteiger partial charge is 0.408 e. The molecule has 9 heteroatoms. The standard InChI is InChI=1S/C24H22FN3O5/c25-22-9-5-4-8-18(22)12-20-13-21(28(32)33)11-10-19(20)14-26-23(29)16-27(24(30)31)15-17-6-2-1-3-7-17/h1-11,13H,12,14-16H2,(H,26,29)(H,30,31). The molecule has 8 nitrogen and oxygen atoms in total. The maximum absolute atomic E-state index is 14.1. The van der Waals surface area contributed by atoms with Gasteiger partial charge in [0, 0.05) is 31.6 Å². The molecule has 3 aromatic carbocycles. The van der Waals surface area contributed by atoms with Gasteiger partial charge in [0.1, 0.15) is 12.4 Å². The summed E-state index contributed by atoms with van der Waals surface area (Å²) in [7, 11) is 0. The molecule has 2 N–H and O–H groups in total. The third-order valence-electron chi connectivity index (χ3n) is 5.04. The molecule has 3 aromatic rings. The minimum absolute atomic E-state index is 0.0133. The third kappa shape index (κ3) is 6.60. The quantitative estimate of drug-likeness (QED) is 0.375. The fraction of sp³-hybridized carbons (Fsp3) is 0.167. The molecule has 0 bridgehead atoms. The van der Waals surface area contributed by atoms with Gasteiger partial charge in [-0.15, -0.1) is 0 Å². The van der Waals surface area contributed by atoms with Crippen molar-refractivity contribution in [3.05, 3.63) is 111 Å². The van der Waals surface area contributed by atoms with E-state index in [9.17, 15) is 29.2 Å². The molecular weight excluding hydrogens is 429 g/mol. The van der Waals surface area contributed by atoms with E-state index in [1.165, 1.54) is 24.3 Å². The highest BCUT2D eigenvalue weighted by Gasteiger charge is 2.18. The lowest BCUT2D eigenvalue weighted by atomic mass is 9.98. The van der Waals surface area contributed by atoms with Crippen LogP contribution in [0.3, 0.4) is 0 Å². The number of nitrogens with zero attached hydrogens (tertiary/aromatic N) is 2. The molecule has 0 aromatic heterocycles. The van der Waals surface area contributed by atoms with Crippen molar-refractivity contribution in [3.63, 3.8) is 0 Å². The summed E-state index contributed by atoms with van der Waals surface area (Å²) in [6, 6.07) is 19.2. The molecule has 0 aliphatic carbocycles. The Morgan fingerprint density at radius 2 is 1.67 bits per heavy atom. The van der Waals surface area contributed by atoms with Crippen molar-refractivity contribution in [3.8, 4) is 0 Å². The normalized spacial score (nSPS) is 10.5. The number of amides is 2. The van der Waals surface area contributed by atoms with Crippen LogP contribution in [-0.2, 0) is 24.3 Å². The Hall–Kier alpha value is -4.27. The first-order chi connectivity index (χ1) is 15.8. The SMILES string of the molecule is O=C(CN(Cc1ccccc1)C(=O)O)NCc1ccc([N+](=O)[O-])cc1Cc1ccccc1F. The largest absolute Gasteiger partial charge is 0.465 e. The second kappa shape index (κ2) is 10.9. The number of nitro benzene ring substituents is 1. The molecule has 0 aliphatic heterocycles. The lowest BCUT2D eigenvalue weighted by molar-refractivity contribution is -0.384. The van der Waals surface area contributed by atoms with Crippen LogP contribution in [0, 0.1) is 15.9 Å². The molecule has 0 unspecified atom stereocenters. The van der Waals surface area contributed by atoms with E-state index in [0.717, 1.165) is 10.5 Å². The Morgan fingerprint density at radius 1 is 0.970 bits per heavy atom. The Balaban J connectivity index is 1.71. The average Bonchev–Trinajstić information content (AvgIpc) is 2.79. The van der Waals surface area contributed by atoms with Gasteiger partial charge in [0.15, 0.2) is 0 Å². The van der Waals surface area contributed by atoms with Crippen LogP contribution in [0.25, 0.3) is 0 Å². The molecule has 0 heterocycles. The first kappa shape index (κ1) is 23.4. The van der Waals surface area contributed by atoms with Crippen molar-refractivity contribution in [2.75, 3.05) is 6.54 Å². The third-order valence-corrected chi connectivity index (χ3v) is 5.04. The number of halogens is 1. The van der Waals surface area contributed by atoms with Crippen LogP contribution in [0.2, 0.25) is 0 Å². The maximum atomic E-state index is 14.1. The van der Waals surface area contributed by atoms with Crippen molar-refractivity contribution in [2.24, 2.45) is 0 Å². The fourth-order valence-corrected chi connectivity index (χ4v) is 3.33. The van der Waals surface area contributed by atoms with Crippen molar-refractivity contribution < 1.29 is 24.0 Å². The lowest BCUT2D eigenvalue weighted by Gasteiger charge is -2.19. The van der Waals surface area contributed by atoms with Gasteiger partial charge in [-0.05, 0) is 28.3 Å². The zero-order valence-corrected chi connectivity index (χ0v) is 17.6. The number of hydrogen-bond donors (Lipinski definition) is 2. The van der Waals surface area contributed by atoms with Gasteiger partial charge in [-0.2, -0.15) is 0 Å². The predicted octanol–water partition coefficient (Wildman–Crippen LogP) is 4.12. The van der Waals surface area contributed by atoms with Gasteiger partial charge in [-0.1, -0.05) is 54.6 Å². The number of nitro groups is 1. The summed E-state index contributed by atoms with van der Waals surface area (Å²) in [5.41, 5.74) is 2.04. The van der Waals surface area contributed by atoms with E-state index in [2.05, 4.69) is 5.32 Å². The van der Waals surface area contributed by atoms with E-state index >= 15 is 0 Å². The second-order valence-electron chi connectivity index (χ2n) is 7.38. The highest BCUT2D eigenvalue weighted by Crippen LogP contribution is 2.22. The second-order valence-corrected chi connectivity index (χ2v) is 7.38. The molecule has 0 spiro atoms. The minimum atomic E-state index is -1.23. The van der Waals surface area contributed by atoms with Gasteiger partial charge < -0.3 is 10.4 Å². The van der Waals surface area contributed by atoms with Gasteiger partial charge in [-0.3, -0.25) is 19.8 Å². The lowest BCUT2D eigenvalue weighted by Crippen LogP contribution is -2.39. The first-order valence-corrected chi connectivity index (χ1v) is 10.1. The average molecular weight is 451 g/mol. The summed E-state index contributed by atoms with van der Waals surface area (Å²) in [5, 5.41) is 23.3. The van der Waals surface area contributed by atoms with E-state index in [-0.39, 0.29) is 31.7 Å². The highest BCUT2D eigenvalue weighted by atomic mass is 19.1. The summed E-state index contributed by atoms with van der Waals surface area (Å²) in [6.45, 7) is -0.307. The summed E-state index contributed by atoms with van der Waals surface area (Å²) in [6.07, 6.45) is -1.13. The van der Waals surface area contributed by atoms with Crippen LogP contribution < -0.4 is 5.32 Å².